The van der Waals surface area contributed by atoms with E-state index in [0.717, 1.165) is 38.9 Å². The lowest BCUT2D eigenvalue weighted by Gasteiger charge is -2.34. The maximum absolute atomic E-state index is 12.9. The van der Waals surface area contributed by atoms with Crippen LogP contribution in [0.2, 0.25) is 0 Å². The van der Waals surface area contributed by atoms with Crippen LogP contribution < -0.4 is 5.32 Å². The summed E-state index contributed by atoms with van der Waals surface area (Å²) in [5.41, 5.74) is 0.489. The van der Waals surface area contributed by atoms with Crippen molar-refractivity contribution in [3.05, 3.63) is 29.8 Å². The zero-order chi connectivity index (χ0) is 21.0. The Morgan fingerprint density at radius 2 is 1.69 bits per heavy atom. The van der Waals surface area contributed by atoms with Crippen molar-refractivity contribution in [3.63, 3.8) is 0 Å². The molecule has 2 atom stereocenters. The van der Waals surface area contributed by atoms with Gasteiger partial charge in [0.1, 0.15) is 0 Å². The zero-order valence-corrected chi connectivity index (χ0v) is 18.5. The summed E-state index contributed by atoms with van der Waals surface area (Å²) in [6, 6.07) is 6.43. The van der Waals surface area contributed by atoms with Gasteiger partial charge in [-0.15, -0.1) is 0 Å². The SMILES string of the molecule is CCCN1CCC(NC(=O)c2ccc(S(=O)(=O)N3C[C@@H](C)O[C@@H](C)C3)cc2)CC1. The number of benzene rings is 1. The van der Waals surface area contributed by atoms with Crippen LogP contribution in [0.5, 0.6) is 0 Å². The molecule has 1 aromatic carbocycles. The second kappa shape index (κ2) is 9.55. The fraction of sp³-hybridized carbons (Fsp3) is 0.667. The van der Waals surface area contributed by atoms with Crippen LogP contribution in [0.3, 0.4) is 0 Å². The predicted molar refractivity (Wildman–Crippen MR) is 112 cm³/mol. The third kappa shape index (κ3) is 5.57. The number of nitrogens with zero attached hydrogens (tertiary/aromatic N) is 2. The van der Waals surface area contributed by atoms with E-state index < -0.39 is 10.0 Å². The van der Waals surface area contributed by atoms with Crippen molar-refractivity contribution < 1.29 is 17.9 Å². The fourth-order valence-corrected chi connectivity index (χ4v) is 5.73. The minimum atomic E-state index is -3.59. The molecule has 2 heterocycles. The molecule has 0 saturated carbocycles. The lowest BCUT2D eigenvalue weighted by atomic mass is 10.0. The van der Waals surface area contributed by atoms with Crippen LogP contribution in [0.25, 0.3) is 0 Å². The minimum Gasteiger partial charge on any atom is -0.373 e. The number of sulfonamides is 1. The number of nitrogens with one attached hydrogen (secondary N) is 1. The molecule has 0 spiro atoms. The van der Waals surface area contributed by atoms with Gasteiger partial charge in [-0.05, 0) is 63.9 Å². The first-order chi connectivity index (χ1) is 13.8. The lowest BCUT2D eigenvalue weighted by Crippen LogP contribution is -2.48. The molecule has 1 amide bonds. The topological polar surface area (TPSA) is 79.0 Å². The van der Waals surface area contributed by atoms with Gasteiger partial charge in [0, 0.05) is 37.8 Å². The van der Waals surface area contributed by atoms with Crippen molar-refractivity contribution in [1.29, 1.82) is 0 Å². The van der Waals surface area contributed by atoms with E-state index >= 15 is 0 Å². The van der Waals surface area contributed by atoms with Crippen LogP contribution >= 0.6 is 0 Å². The average Bonchev–Trinajstić information content (AvgIpc) is 2.69. The van der Waals surface area contributed by atoms with E-state index in [0.29, 0.717) is 18.7 Å². The smallest absolute Gasteiger partial charge is 0.251 e. The number of carbonyl (C=O) groups excluding carboxylic acids is 1. The third-order valence-electron chi connectivity index (χ3n) is 5.60. The number of carbonyl (C=O) groups is 1. The van der Waals surface area contributed by atoms with Gasteiger partial charge >= 0.3 is 0 Å². The minimum absolute atomic E-state index is 0.137. The Balaban J connectivity index is 1.60. The maximum Gasteiger partial charge on any atom is 0.251 e. The Bertz CT molecular complexity index is 779. The number of ether oxygens (including phenoxy) is 1. The van der Waals surface area contributed by atoms with Gasteiger partial charge in [-0.3, -0.25) is 4.79 Å². The van der Waals surface area contributed by atoms with E-state index in [1.54, 1.807) is 12.1 Å². The molecule has 1 N–H and O–H groups in total. The molecule has 2 fully saturated rings. The van der Waals surface area contributed by atoms with Gasteiger partial charge in [-0.1, -0.05) is 6.92 Å². The van der Waals surface area contributed by atoms with Gasteiger partial charge < -0.3 is 15.0 Å². The van der Waals surface area contributed by atoms with Gasteiger partial charge in [0.2, 0.25) is 10.0 Å². The van der Waals surface area contributed by atoms with E-state index in [1.165, 1.54) is 16.4 Å². The van der Waals surface area contributed by atoms with Gasteiger partial charge in [-0.25, -0.2) is 8.42 Å². The molecule has 162 valence electrons. The summed E-state index contributed by atoms with van der Waals surface area (Å²) >= 11 is 0. The average molecular weight is 424 g/mol. The second-order valence-electron chi connectivity index (χ2n) is 8.19. The summed E-state index contributed by atoms with van der Waals surface area (Å²) in [6.45, 7) is 9.72. The van der Waals surface area contributed by atoms with Crippen molar-refractivity contribution in [3.8, 4) is 0 Å². The summed E-state index contributed by atoms with van der Waals surface area (Å²) in [5.74, 6) is -0.142. The van der Waals surface area contributed by atoms with Crippen molar-refractivity contribution in [2.75, 3.05) is 32.7 Å². The number of hydrogen-bond donors (Lipinski definition) is 1. The monoisotopic (exact) mass is 423 g/mol. The second-order valence-corrected chi connectivity index (χ2v) is 10.1. The molecule has 0 aliphatic carbocycles. The highest BCUT2D eigenvalue weighted by Crippen LogP contribution is 2.21. The summed E-state index contributed by atoms with van der Waals surface area (Å²) in [7, 11) is -3.59. The van der Waals surface area contributed by atoms with Crippen molar-refractivity contribution in [2.24, 2.45) is 0 Å². The molecule has 2 aliphatic heterocycles. The number of hydrogen-bond acceptors (Lipinski definition) is 5. The normalized spacial score (nSPS) is 25.1. The molecular formula is C21H33N3O4S. The first-order valence-electron chi connectivity index (χ1n) is 10.6. The Morgan fingerprint density at radius 3 is 2.24 bits per heavy atom. The van der Waals surface area contributed by atoms with Gasteiger partial charge in [0.25, 0.3) is 5.91 Å². The Labute approximate surface area is 174 Å². The molecule has 0 unspecified atom stereocenters. The fourth-order valence-electron chi connectivity index (χ4n) is 4.14. The van der Waals surface area contributed by atoms with Gasteiger partial charge in [-0.2, -0.15) is 4.31 Å². The maximum atomic E-state index is 12.9. The van der Waals surface area contributed by atoms with E-state index in [1.807, 2.05) is 13.8 Å². The van der Waals surface area contributed by atoms with Crippen molar-refractivity contribution >= 4 is 15.9 Å². The highest BCUT2D eigenvalue weighted by atomic mass is 32.2. The van der Waals surface area contributed by atoms with Crippen molar-refractivity contribution in [1.82, 2.24) is 14.5 Å². The highest BCUT2D eigenvalue weighted by molar-refractivity contribution is 7.89. The highest BCUT2D eigenvalue weighted by Gasteiger charge is 2.32. The molecular weight excluding hydrogens is 390 g/mol. The summed E-state index contributed by atoms with van der Waals surface area (Å²) < 4.78 is 32.9. The Morgan fingerprint density at radius 1 is 1.10 bits per heavy atom. The van der Waals surface area contributed by atoms with Gasteiger partial charge in [0.05, 0.1) is 17.1 Å². The molecule has 0 aromatic heterocycles. The van der Waals surface area contributed by atoms with Gasteiger partial charge in [0.15, 0.2) is 0 Å². The van der Waals surface area contributed by atoms with Crippen molar-refractivity contribution in [2.45, 2.75) is 63.2 Å². The molecule has 0 radical (unpaired) electrons. The Kier molecular flexibility index (Phi) is 7.32. The van der Waals surface area contributed by atoms with Crippen LogP contribution in [0.15, 0.2) is 29.2 Å². The van der Waals surface area contributed by atoms with Crippen LogP contribution in [-0.4, -0.2) is 74.5 Å². The number of morpholine rings is 1. The first-order valence-corrected chi connectivity index (χ1v) is 12.0. The molecule has 8 heteroatoms. The number of amides is 1. The Hall–Kier alpha value is -1.48. The summed E-state index contributed by atoms with van der Waals surface area (Å²) in [5, 5.41) is 3.09. The summed E-state index contributed by atoms with van der Waals surface area (Å²) in [4.78, 5) is 15.2. The lowest BCUT2D eigenvalue weighted by molar-refractivity contribution is -0.0440. The quantitative estimate of drug-likeness (QED) is 0.758. The molecule has 2 saturated heterocycles. The van der Waals surface area contributed by atoms with Crippen LogP contribution in [0.1, 0.15) is 50.4 Å². The van der Waals surface area contributed by atoms with E-state index in [2.05, 4.69) is 17.1 Å². The number of piperidine rings is 1. The first kappa shape index (κ1) is 22.2. The predicted octanol–water partition coefficient (Wildman–Crippen LogP) is 2.09. The summed E-state index contributed by atoms with van der Waals surface area (Å²) in [6.07, 6.45) is 2.77. The molecule has 1 aromatic rings. The van der Waals surface area contributed by atoms with Crippen LogP contribution in [0, 0.1) is 0 Å². The van der Waals surface area contributed by atoms with Crippen LogP contribution in [0.4, 0.5) is 0 Å². The third-order valence-corrected chi connectivity index (χ3v) is 7.45. The van der Waals surface area contributed by atoms with E-state index in [9.17, 15) is 13.2 Å². The molecule has 7 nitrogen and oxygen atoms in total. The molecule has 29 heavy (non-hydrogen) atoms. The van der Waals surface area contributed by atoms with Crippen LogP contribution in [-0.2, 0) is 14.8 Å². The molecule has 2 aliphatic rings. The number of likely N-dealkylation sites (tertiary alicyclic amines) is 1. The molecule has 3 rings (SSSR count). The number of rotatable bonds is 6. The zero-order valence-electron chi connectivity index (χ0n) is 17.6. The largest absolute Gasteiger partial charge is 0.373 e. The van der Waals surface area contributed by atoms with E-state index in [4.69, 9.17) is 4.74 Å². The molecule has 0 bridgehead atoms. The van der Waals surface area contributed by atoms with E-state index in [-0.39, 0.29) is 29.1 Å². The standard InChI is InChI=1S/C21H33N3O4S/c1-4-11-23-12-9-19(10-13-23)22-21(25)18-5-7-20(8-6-18)29(26,27)24-14-16(2)28-17(3)15-24/h5-8,16-17,19H,4,9-15H2,1-3H3,(H,22,25)/t16-,17+.